The molecular formula is C11H18ClN3O. The van der Waals surface area contributed by atoms with Crippen molar-refractivity contribution in [2.75, 3.05) is 11.2 Å². The number of aromatic nitrogens is 2. The Balaban J connectivity index is 2.01. The largest absolute Gasteiger partial charge is 0.408 e. The lowest BCUT2D eigenvalue weighted by molar-refractivity contribution is 0.457. The van der Waals surface area contributed by atoms with Gasteiger partial charge in [0.15, 0.2) is 0 Å². The van der Waals surface area contributed by atoms with Gasteiger partial charge in [-0.25, -0.2) is 0 Å². The molecule has 4 nitrogen and oxygen atoms in total. The van der Waals surface area contributed by atoms with Crippen molar-refractivity contribution < 1.29 is 4.42 Å². The molecule has 5 heteroatoms. The van der Waals surface area contributed by atoms with Crippen LogP contribution in [0.2, 0.25) is 0 Å². The highest BCUT2D eigenvalue weighted by molar-refractivity contribution is 6.17. The summed E-state index contributed by atoms with van der Waals surface area (Å²) in [7, 11) is 0. The third-order valence-corrected chi connectivity index (χ3v) is 4.25. The zero-order valence-electron chi connectivity index (χ0n) is 10.2. The normalized spacial score (nSPS) is 22.1. The number of hydrogen-bond acceptors (Lipinski definition) is 4. The Hall–Kier alpha value is -0.770. The van der Waals surface area contributed by atoms with Gasteiger partial charge >= 0.3 is 6.01 Å². The summed E-state index contributed by atoms with van der Waals surface area (Å²) in [6.07, 6.45) is 0.619. The molecule has 1 aromatic heterocycles. The molecule has 0 bridgehead atoms. The molecule has 0 amide bonds. The molecule has 1 aliphatic rings. The molecule has 0 saturated heterocycles. The number of nitrogens with one attached hydrogen (secondary N) is 1. The number of alkyl halides is 1. The summed E-state index contributed by atoms with van der Waals surface area (Å²) in [5.41, 5.74) is 0.516. The van der Waals surface area contributed by atoms with Crippen LogP contribution in [0.25, 0.3) is 0 Å². The van der Waals surface area contributed by atoms with Gasteiger partial charge in [0.2, 0.25) is 5.89 Å². The van der Waals surface area contributed by atoms with Crippen molar-refractivity contribution in [3.8, 4) is 0 Å². The van der Waals surface area contributed by atoms with Crippen LogP contribution in [0.5, 0.6) is 0 Å². The number of halogens is 1. The molecule has 1 fully saturated rings. The molecule has 1 aliphatic carbocycles. The lowest BCUT2D eigenvalue weighted by Crippen LogP contribution is -2.10. The zero-order chi connectivity index (χ0) is 12.0. The van der Waals surface area contributed by atoms with Crippen LogP contribution in [-0.2, 0) is 6.42 Å². The molecule has 1 heterocycles. The Morgan fingerprint density at radius 3 is 2.38 bits per heavy atom. The second kappa shape index (κ2) is 3.62. The predicted octanol–water partition coefficient (Wildman–Crippen LogP) is 2.70. The van der Waals surface area contributed by atoms with Crippen LogP contribution >= 0.6 is 11.6 Å². The average molecular weight is 244 g/mol. The summed E-state index contributed by atoms with van der Waals surface area (Å²) < 4.78 is 5.44. The maximum Gasteiger partial charge on any atom is 0.315 e. The zero-order valence-corrected chi connectivity index (χ0v) is 10.9. The van der Waals surface area contributed by atoms with Crippen molar-refractivity contribution in [1.82, 2.24) is 10.2 Å². The first-order valence-corrected chi connectivity index (χ1v) is 6.08. The first kappa shape index (κ1) is 11.7. The van der Waals surface area contributed by atoms with Crippen molar-refractivity contribution in [1.29, 1.82) is 0 Å². The molecule has 90 valence electrons. The highest BCUT2D eigenvalue weighted by atomic mass is 35.5. The van der Waals surface area contributed by atoms with E-state index >= 15 is 0 Å². The van der Waals surface area contributed by atoms with E-state index in [-0.39, 0.29) is 10.8 Å². The van der Waals surface area contributed by atoms with E-state index in [0.717, 1.165) is 0 Å². The number of nitrogens with zero attached hydrogens (tertiary/aromatic N) is 2. The third-order valence-electron chi connectivity index (χ3n) is 4.06. The molecule has 0 atom stereocenters. The van der Waals surface area contributed by atoms with E-state index in [0.29, 0.717) is 30.2 Å². The van der Waals surface area contributed by atoms with Gasteiger partial charge in [0, 0.05) is 18.3 Å². The minimum atomic E-state index is 0.258. The standard InChI is InChI=1S/C11H18ClN3O/c1-10(2)8(11(10,3)4)13-9-15-14-7(16-9)5-6-12/h8H,5-6H2,1-4H3,(H,13,15). The van der Waals surface area contributed by atoms with Crippen molar-refractivity contribution in [2.24, 2.45) is 10.8 Å². The van der Waals surface area contributed by atoms with E-state index in [2.05, 4.69) is 43.2 Å². The van der Waals surface area contributed by atoms with Gasteiger partial charge in [-0.2, -0.15) is 0 Å². The molecule has 0 aromatic carbocycles. The van der Waals surface area contributed by atoms with Crippen molar-refractivity contribution >= 4 is 17.6 Å². The molecule has 1 saturated carbocycles. The molecule has 2 rings (SSSR count). The first-order valence-electron chi connectivity index (χ1n) is 5.54. The van der Waals surface area contributed by atoms with Gasteiger partial charge in [-0.15, -0.1) is 16.7 Å². The summed E-state index contributed by atoms with van der Waals surface area (Å²) in [6, 6.07) is 0.882. The highest BCUT2D eigenvalue weighted by Crippen LogP contribution is 2.63. The van der Waals surface area contributed by atoms with Crippen LogP contribution in [0.15, 0.2) is 4.42 Å². The summed E-state index contributed by atoms with van der Waals surface area (Å²) in [6.45, 7) is 8.95. The van der Waals surface area contributed by atoms with E-state index in [1.807, 2.05) is 0 Å². The molecular weight excluding hydrogens is 226 g/mol. The monoisotopic (exact) mass is 243 g/mol. The fraction of sp³-hybridized carbons (Fsp3) is 0.818. The van der Waals surface area contributed by atoms with Gasteiger partial charge in [0.05, 0.1) is 0 Å². The fourth-order valence-corrected chi connectivity index (χ4v) is 2.34. The number of rotatable bonds is 4. The smallest absolute Gasteiger partial charge is 0.315 e. The average Bonchev–Trinajstić information content (AvgIpc) is 2.58. The van der Waals surface area contributed by atoms with Crippen molar-refractivity contribution in [3.63, 3.8) is 0 Å². The minimum Gasteiger partial charge on any atom is -0.408 e. The minimum absolute atomic E-state index is 0.258. The highest BCUT2D eigenvalue weighted by Gasteiger charge is 2.65. The molecule has 16 heavy (non-hydrogen) atoms. The number of anilines is 1. The maximum atomic E-state index is 5.61. The van der Waals surface area contributed by atoms with Crippen molar-refractivity contribution in [3.05, 3.63) is 5.89 Å². The third kappa shape index (κ3) is 1.69. The van der Waals surface area contributed by atoms with Crippen LogP contribution in [0.1, 0.15) is 33.6 Å². The van der Waals surface area contributed by atoms with E-state index in [1.165, 1.54) is 0 Å². The van der Waals surface area contributed by atoms with E-state index in [1.54, 1.807) is 0 Å². The second-order valence-electron chi connectivity index (χ2n) is 5.46. The molecule has 1 aromatic rings. The van der Waals surface area contributed by atoms with Gasteiger partial charge in [-0.1, -0.05) is 32.8 Å². The Labute approximate surface area is 101 Å². The molecule has 0 radical (unpaired) electrons. The number of aryl methyl sites for hydroxylation is 1. The lowest BCUT2D eigenvalue weighted by atomic mass is 10.0. The van der Waals surface area contributed by atoms with Crippen LogP contribution in [0.3, 0.4) is 0 Å². The Morgan fingerprint density at radius 1 is 1.25 bits per heavy atom. The van der Waals surface area contributed by atoms with Gasteiger partial charge in [0.1, 0.15) is 0 Å². The summed E-state index contributed by atoms with van der Waals surface area (Å²) >= 11 is 5.61. The molecule has 0 spiro atoms. The second-order valence-corrected chi connectivity index (χ2v) is 5.84. The SMILES string of the molecule is CC1(C)C(Nc2nnc(CCCl)o2)C1(C)C. The van der Waals surface area contributed by atoms with Crippen LogP contribution in [0.4, 0.5) is 6.01 Å². The Kier molecular flexibility index (Phi) is 2.65. The summed E-state index contributed by atoms with van der Waals surface area (Å²) in [5.74, 6) is 1.09. The Bertz CT molecular complexity index is 372. The van der Waals surface area contributed by atoms with Crippen LogP contribution < -0.4 is 5.32 Å². The van der Waals surface area contributed by atoms with E-state index in [4.69, 9.17) is 16.0 Å². The van der Waals surface area contributed by atoms with Crippen molar-refractivity contribution in [2.45, 2.75) is 40.2 Å². The van der Waals surface area contributed by atoms with Gasteiger partial charge in [-0.05, 0) is 10.8 Å². The van der Waals surface area contributed by atoms with Crippen LogP contribution in [0, 0.1) is 10.8 Å². The van der Waals surface area contributed by atoms with Gasteiger partial charge in [0.25, 0.3) is 0 Å². The number of hydrogen-bond donors (Lipinski definition) is 1. The van der Waals surface area contributed by atoms with E-state index < -0.39 is 0 Å². The molecule has 1 N–H and O–H groups in total. The molecule has 0 aliphatic heterocycles. The van der Waals surface area contributed by atoms with Gasteiger partial charge < -0.3 is 9.73 Å². The lowest BCUT2D eigenvalue weighted by Gasteiger charge is -2.02. The van der Waals surface area contributed by atoms with E-state index in [9.17, 15) is 0 Å². The topological polar surface area (TPSA) is 51.0 Å². The van der Waals surface area contributed by atoms with Crippen LogP contribution in [-0.4, -0.2) is 22.1 Å². The fourth-order valence-electron chi connectivity index (χ4n) is 2.17. The first-order chi connectivity index (χ1) is 7.39. The molecule has 0 unspecified atom stereocenters. The summed E-state index contributed by atoms with van der Waals surface area (Å²) in [4.78, 5) is 0. The quantitative estimate of drug-likeness (QED) is 0.827. The summed E-state index contributed by atoms with van der Waals surface area (Å²) in [5, 5.41) is 11.2. The predicted molar refractivity (Wildman–Crippen MR) is 63.7 cm³/mol. The maximum absolute atomic E-state index is 5.61. The Morgan fingerprint density at radius 2 is 1.88 bits per heavy atom. The van der Waals surface area contributed by atoms with Gasteiger partial charge in [-0.3, -0.25) is 0 Å².